The predicted octanol–water partition coefficient (Wildman–Crippen LogP) is 2.93. The molecule has 0 heterocycles. The van der Waals surface area contributed by atoms with Crippen molar-refractivity contribution in [3.05, 3.63) is 29.1 Å². The third kappa shape index (κ3) is 3.17. The number of anilines is 1. The van der Waals surface area contributed by atoms with Crippen molar-refractivity contribution in [3.8, 4) is 0 Å². The Hall–Kier alpha value is -1.86. The van der Waals surface area contributed by atoms with Gasteiger partial charge in [0.1, 0.15) is 12.2 Å². The molecular weight excluding hydrogens is 285 g/mol. The molecule has 0 aliphatic rings. The summed E-state index contributed by atoms with van der Waals surface area (Å²) in [6, 6.07) is 0. The lowest BCUT2D eigenvalue weighted by atomic mass is 10.1. The Bertz CT molecular complexity index is 504. The van der Waals surface area contributed by atoms with Gasteiger partial charge in [0.2, 0.25) is 5.82 Å². The summed E-state index contributed by atoms with van der Waals surface area (Å²) in [5.74, 6) is -12.2. The highest BCUT2D eigenvalue weighted by atomic mass is 19.2. The molecule has 0 saturated heterocycles. The van der Waals surface area contributed by atoms with Gasteiger partial charge in [0.25, 0.3) is 0 Å². The maximum absolute atomic E-state index is 13.6. The first-order chi connectivity index (χ1) is 9.16. The van der Waals surface area contributed by atoms with Crippen molar-refractivity contribution in [2.45, 2.75) is 13.8 Å². The summed E-state index contributed by atoms with van der Waals surface area (Å²) in [4.78, 5) is 11.3. The SMILES string of the molecule is CC(C)CN(CC(=O)O)c1c(F)c(F)c(F)c(F)c1F. The van der Waals surface area contributed by atoms with Crippen LogP contribution in [0.2, 0.25) is 0 Å². The van der Waals surface area contributed by atoms with E-state index in [1.54, 1.807) is 13.8 Å². The van der Waals surface area contributed by atoms with Crippen molar-refractivity contribution in [2.75, 3.05) is 18.0 Å². The van der Waals surface area contributed by atoms with Crippen LogP contribution in [0.3, 0.4) is 0 Å². The van der Waals surface area contributed by atoms with E-state index in [4.69, 9.17) is 5.11 Å². The Balaban J connectivity index is 3.43. The molecule has 0 aromatic heterocycles. The van der Waals surface area contributed by atoms with Gasteiger partial charge in [0.05, 0.1) is 0 Å². The molecule has 1 aromatic rings. The first-order valence-corrected chi connectivity index (χ1v) is 5.65. The van der Waals surface area contributed by atoms with E-state index in [1.807, 2.05) is 0 Å². The van der Waals surface area contributed by atoms with Crippen molar-refractivity contribution < 1.29 is 31.9 Å². The Kier molecular flexibility index (Phi) is 4.91. The van der Waals surface area contributed by atoms with Gasteiger partial charge >= 0.3 is 5.97 Å². The van der Waals surface area contributed by atoms with Crippen LogP contribution in [-0.2, 0) is 4.79 Å². The summed E-state index contributed by atoms with van der Waals surface area (Å²) in [7, 11) is 0. The van der Waals surface area contributed by atoms with Crippen LogP contribution in [-0.4, -0.2) is 24.2 Å². The van der Waals surface area contributed by atoms with Gasteiger partial charge < -0.3 is 10.0 Å². The smallest absolute Gasteiger partial charge is 0.323 e. The zero-order chi connectivity index (χ0) is 15.6. The molecule has 0 unspecified atom stereocenters. The Labute approximate surface area is 111 Å². The number of carboxylic acids is 1. The molecule has 0 fully saturated rings. The molecule has 0 atom stereocenters. The fourth-order valence-corrected chi connectivity index (χ4v) is 1.71. The van der Waals surface area contributed by atoms with E-state index in [2.05, 4.69) is 0 Å². The molecular formula is C12H12F5NO2. The summed E-state index contributed by atoms with van der Waals surface area (Å²) in [6.45, 7) is 2.17. The molecule has 0 spiro atoms. The van der Waals surface area contributed by atoms with Crippen molar-refractivity contribution in [3.63, 3.8) is 0 Å². The predicted molar refractivity (Wildman–Crippen MR) is 60.9 cm³/mol. The minimum absolute atomic E-state index is 0.176. The summed E-state index contributed by atoms with van der Waals surface area (Å²) >= 11 is 0. The molecule has 0 amide bonds. The molecule has 1 rings (SSSR count). The number of rotatable bonds is 5. The number of nitrogens with zero attached hydrogens (tertiary/aromatic N) is 1. The molecule has 3 nitrogen and oxygen atoms in total. The topological polar surface area (TPSA) is 40.5 Å². The highest BCUT2D eigenvalue weighted by molar-refractivity contribution is 5.74. The Morgan fingerprint density at radius 1 is 1.00 bits per heavy atom. The fourth-order valence-electron chi connectivity index (χ4n) is 1.71. The molecule has 1 aromatic carbocycles. The van der Waals surface area contributed by atoms with E-state index < -0.39 is 47.3 Å². The quantitative estimate of drug-likeness (QED) is 0.516. The highest BCUT2D eigenvalue weighted by Gasteiger charge is 2.30. The molecule has 0 saturated carbocycles. The average Bonchev–Trinajstić information content (AvgIpc) is 2.32. The molecule has 0 bridgehead atoms. The molecule has 1 N–H and O–H groups in total. The van der Waals surface area contributed by atoms with E-state index >= 15 is 0 Å². The van der Waals surface area contributed by atoms with E-state index in [9.17, 15) is 26.7 Å². The zero-order valence-corrected chi connectivity index (χ0v) is 10.7. The van der Waals surface area contributed by atoms with Gasteiger partial charge in [-0.1, -0.05) is 13.8 Å². The van der Waals surface area contributed by atoms with Gasteiger partial charge in [0, 0.05) is 6.54 Å². The Morgan fingerprint density at radius 3 is 1.75 bits per heavy atom. The third-order valence-electron chi connectivity index (χ3n) is 2.41. The lowest BCUT2D eigenvalue weighted by molar-refractivity contribution is -0.135. The van der Waals surface area contributed by atoms with Gasteiger partial charge in [0.15, 0.2) is 23.3 Å². The van der Waals surface area contributed by atoms with E-state index in [0.717, 1.165) is 0 Å². The second kappa shape index (κ2) is 6.06. The summed E-state index contributed by atoms with van der Waals surface area (Å²) in [5, 5.41) is 8.68. The summed E-state index contributed by atoms with van der Waals surface area (Å²) < 4.78 is 66.3. The van der Waals surface area contributed by atoms with Crippen LogP contribution in [0.25, 0.3) is 0 Å². The number of carboxylic acid groups (broad SMARTS) is 1. The number of carbonyl (C=O) groups is 1. The lowest BCUT2D eigenvalue weighted by Crippen LogP contribution is -2.35. The zero-order valence-electron chi connectivity index (χ0n) is 10.7. The van der Waals surface area contributed by atoms with Gasteiger partial charge in [-0.3, -0.25) is 4.79 Å². The molecule has 0 aliphatic carbocycles. The van der Waals surface area contributed by atoms with Crippen LogP contribution < -0.4 is 4.90 Å². The van der Waals surface area contributed by atoms with Crippen molar-refractivity contribution in [2.24, 2.45) is 5.92 Å². The number of aliphatic carboxylic acids is 1. The molecule has 0 aliphatic heterocycles. The van der Waals surface area contributed by atoms with Crippen molar-refractivity contribution in [1.82, 2.24) is 0 Å². The normalized spacial score (nSPS) is 11.0. The van der Waals surface area contributed by atoms with Crippen molar-refractivity contribution >= 4 is 11.7 Å². The van der Waals surface area contributed by atoms with E-state index in [1.165, 1.54) is 0 Å². The van der Waals surface area contributed by atoms with E-state index in [0.29, 0.717) is 4.90 Å². The minimum Gasteiger partial charge on any atom is -0.480 e. The number of halogens is 5. The maximum atomic E-state index is 13.6. The van der Waals surface area contributed by atoms with Gasteiger partial charge in [-0.05, 0) is 5.92 Å². The van der Waals surface area contributed by atoms with Crippen LogP contribution in [0.4, 0.5) is 27.6 Å². The van der Waals surface area contributed by atoms with Crippen LogP contribution >= 0.6 is 0 Å². The fraction of sp³-hybridized carbons (Fsp3) is 0.417. The largest absolute Gasteiger partial charge is 0.480 e. The number of hydrogen-bond donors (Lipinski definition) is 1. The second-order valence-electron chi connectivity index (χ2n) is 4.59. The Morgan fingerprint density at radius 2 is 1.40 bits per heavy atom. The third-order valence-corrected chi connectivity index (χ3v) is 2.41. The monoisotopic (exact) mass is 297 g/mol. The lowest BCUT2D eigenvalue weighted by Gasteiger charge is -2.26. The first kappa shape index (κ1) is 16.2. The number of benzene rings is 1. The summed E-state index contributed by atoms with van der Waals surface area (Å²) in [6.07, 6.45) is 0. The van der Waals surface area contributed by atoms with Crippen LogP contribution in [0.5, 0.6) is 0 Å². The summed E-state index contributed by atoms with van der Waals surface area (Å²) in [5.41, 5.74) is -1.22. The molecule has 0 radical (unpaired) electrons. The second-order valence-corrected chi connectivity index (χ2v) is 4.59. The minimum atomic E-state index is -2.27. The maximum Gasteiger partial charge on any atom is 0.323 e. The first-order valence-electron chi connectivity index (χ1n) is 5.65. The molecule has 112 valence electrons. The number of hydrogen-bond acceptors (Lipinski definition) is 2. The van der Waals surface area contributed by atoms with Crippen molar-refractivity contribution in [1.29, 1.82) is 0 Å². The van der Waals surface area contributed by atoms with Gasteiger partial charge in [-0.25, -0.2) is 22.0 Å². The van der Waals surface area contributed by atoms with Crippen LogP contribution in [0, 0.1) is 35.0 Å². The van der Waals surface area contributed by atoms with Crippen LogP contribution in [0.15, 0.2) is 0 Å². The molecule has 8 heteroatoms. The van der Waals surface area contributed by atoms with E-state index in [-0.39, 0.29) is 12.5 Å². The van der Waals surface area contributed by atoms with Gasteiger partial charge in [-0.15, -0.1) is 0 Å². The highest BCUT2D eigenvalue weighted by Crippen LogP contribution is 2.30. The standard InChI is InChI=1S/C12H12F5NO2/c1-5(2)3-18(4-6(19)20)12-10(16)8(14)7(13)9(15)11(12)17/h5H,3-4H2,1-2H3,(H,19,20). The van der Waals surface area contributed by atoms with Crippen LogP contribution in [0.1, 0.15) is 13.8 Å². The molecule has 20 heavy (non-hydrogen) atoms. The average molecular weight is 297 g/mol. The van der Waals surface area contributed by atoms with Gasteiger partial charge in [-0.2, -0.15) is 0 Å².